The van der Waals surface area contributed by atoms with Gasteiger partial charge in [0.25, 0.3) is 15.9 Å². The molecule has 0 radical (unpaired) electrons. The van der Waals surface area contributed by atoms with Gasteiger partial charge < -0.3 is 10.1 Å². The Morgan fingerprint density at radius 2 is 1.73 bits per heavy atom. The van der Waals surface area contributed by atoms with E-state index < -0.39 is 10.0 Å². The predicted octanol–water partition coefficient (Wildman–Crippen LogP) is 2.81. The number of sulfonamides is 1. The Morgan fingerprint density at radius 1 is 1.12 bits per heavy atom. The second-order valence-electron chi connectivity index (χ2n) is 5.94. The Hall–Kier alpha value is -2.54. The lowest BCUT2D eigenvalue weighted by molar-refractivity contribution is -0.123. The number of amides is 1. The number of benzene rings is 2. The van der Waals surface area contributed by atoms with Crippen molar-refractivity contribution in [2.45, 2.75) is 31.2 Å². The van der Waals surface area contributed by atoms with Crippen LogP contribution in [-0.2, 0) is 14.8 Å². The van der Waals surface area contributed by atoms with Crippen molar-refractivity contribution in [3.8, 4) is 5.75 Å². The lowest BCUT2D eigenvalue weighted by atomic mass is 10.2. The number of anilines is 1. The van der Waals surface area contributed by atoms with Gasteiger partial charge in [-0.3, -0.25) is 9.10 Å². The van der Waals surface area contributed by atoms with E-state index in [1.54, 1.807) is 54.6 Å². The number of rotatable bonds is 8. The standard InChI is InChI=1S/C19H24N2O4S/c1-4-15(2)20-19(22)14-25-17-12-10-16(11-13-17)21(3)26(23,24)18-8-6-5-7-9-18/h5-13,15H,4,14H2,1-3H3,(H,20,22)/t15-/m1/s1. The van der Waals surface area contributed by atoms with E-state index in [0.717, 1.165) is 6.42 Å². The highest BCUT2D eigenvalue weighted by molar-refractivity contribution is 7.92. The predicted molar refractivity (Wildman–Crippen MR) is 102 cm³/mol. The lowest BCUT2D eigenvalue weighted by Crippen LogP contribution is -2.35. The third-order valence-electron chi connectivity index (χ3n) is 3.99. The Morgan fingerprint density at radius 3 is 2.31 bits per heavy atom. The van der Waals surface area contributed by atoms with Crippen molar-refractivity contribution < 1.29 is 17.9 Å². The van der Waals surface area contributed by atoms with E-state index >= 15 is 0 Å². The minimum Gasteiger partial charge on any atom is -0.484 e. The molecule has 0 spiro atoms. The molecule has 7 heteroatoms. The molecule has 1 N–H and O–H groups in total. The molecule has 2 aromatic carbocycles. The summed E-state index contributed by atoms with van der Waals surface area (Å²) < 4.78 is 31.9. The molecule has 140 valence electrons. The van der Waals surface area contributed by atoms with Gasteiger partial charge in [-0.1, -0.05) is 25.1 Å². The summed E-state index contributed by atoms with van der Waals surface area (Å²) in [7, 11) is -2.12. The van der Waals surface area contributed by atoms with Crippen molar-refractivity contribution in [1.82, 2.24) is 5.32 Å². The topological polar surface area (TPSA) is 75.7 Å². The minimum atomic E-state index is -3.62. The van der Waals surface area contributed by atoms with Crippen LogP contribution in [-0.4, -0.2) is 34.0 Å². The van der Waals surface area contributed by atoms with Crippen LogP contribution < -0.4 is 14.4 Å². The summed E-state index contributed by atoms with van der Waals surface area (Å²) in [6, 6.07) is 14.9. The van der Waals surface area contributed by atoms with E-state index in [0.29, 0.717) is 11.4 Å². The normalized spacial score (nSPS) is 12.3. The van der Waals surface area contributed by atoms with Crippen LogP contribution in [0.3, 0.4) is 0 Å². The smallest absolute Gasteiger partial charge is 0.264 e. The number of nitrogens with zero attached hydrogens (tertiary/aromatic N) is 1. The first kappa shape index (κ1) is 19.8. The maximum atomic E-state index is 12.6. The monoisotopic (exact) mass is 376 g/mol. The van der Waals surface area contributed by atoms with E-state index in [9.17, 15) is 13.2 Å². The number of carbonyl (C=O) groups excluding carboxylic acids is 1. The minimum absolute atomic E-state index is 0.0815. The lowest BCUT2D eigenvalue weighted by Gasteiger charge is -2.20. The van der Waals surface area contributed by atoms with Crippen LogP contribution in [0.15, 0.2) is 59.5 Å². The third kappa shape index (κ3) is 4.98. The summed E-state index contributed by atoms with van der Waals surface area (Å²) in [5.74, 6) is 0.311. The van der Waals surface area contributed by atoms with E-state index in [2.05, 4.69) is 5.32 Å². The van der Waals surface area contributed by atoms with Gasteiger partial charge in [0.2, 0.25) is 0 Å². The molecule has 0 heterocycles. The van der Waals surface area contributed by atoms with Crippen LogP contribution >= 0.6 is 0 Å². The highest BCUT2D eigenvalue weighted by Crippen LogP contribution is 2.24. The van der Waals surface area contributed by atoms with Crippen LogP contribution in [0.1, 0.15) is 20.3 Å². The zero-order chi connectivity index (χ0) is 19.2. The van der Waals surface area contributed by atoms with Gasteiger partial charge in [0, 0.05) is 13.1 Å². The molecule has 0 unspecified atom stereocenters. The largest absolute Gasteiger partial charge is 0.484 e. The molecule has 0 saturated carbocycles. The molecule has 2 aromatic rings. The number of carbonyl (C=O) groups is 1. The fraction of sp³-hybridized carbons (Fsp3) is 0.316. The zero-order valence-electron chi connectivity index (χ0n) is 15.2. The highest BCUT2D eigenvalue weighted by atomic mass is 32.2. The van der Waals surface area contributed by atoms with E-state index in [4.69, 9.17) is 4.74 Å². The molecule has 1 atom stereocenters. The summed E-state index contributed by atoms with van der Waals surface area (Å²) in [4.78, 5) is 12.0. The van der Waals surface area contributed by atoms with Crippen molar-refractivity contribution >= 4 is 21.6 Å². The van der Waals surface area contributed by atoms with E-state index in [1.165, 1.54) is 11.4 Å². The van der Waals surface area contributed by atoms with Crippen molar-refractivity contribution in [1.29, 1.82) is 0 Å². The first-order valence-electron chi connectivity index (χ1n) is 8.40. The molecule has 0 bridgehead atoms. The van der Waals surface area contributed by atoms with Crippen LogP contribution in [0.2, 0.25) is 0 Å². The van der Waals surface area contributed by atoms with Gasteiger partial charge >= 0.3 is 0 Å². The van der Waals surface area contributed by atoms with Crippen molar-refractivity contribution in [2.24, 2.45) is 0 Å². The van der Waals surface area contributed by atoms with Crippen molar-refractivity contribution in [2.75, 3.05) is 18.0 Å². The van der Waals surface area contributed by atoms with Crippen molar-refractivity contribution in [3.63, 3.8) is 0 Å². The maximum absolute atomic E-state index is 12.6. The molecule has 0 saturated heterocycles. The molecule has 6 nitrogen and oxygen atoms in total. The summed E-state index contributed by atoms with van der Waals surface area (Å²) >= 11 is 0. The average Bonchev–Trinajstić information content (AvgIpc) is 2.66. The van der Waals surface area contributed by atoms with Gasteiger partial charge in [0.15, 0.2) is 6.61 Å². The van der Waals surface area contributed by atoms with Crippen LogP contribution in [0.5, 0.6) is 5.75 Å². The Kier molecular flexibility index (Phi) is 6.63. The molecule has 0 aliphatic heterocycles. The fourth-order valence-electron chi connectivity index (χ4n) is 2.21. The summed E-state index contributed by atoms with van der Waals surface area (Å²) in [5.41, 5.74) is 0.505. The Bertz CT molecular complexity index is 820. The summed E-state index contributed by atoms with van der Waals surface area (Å²) in [6.07, 6.45) is 0.850. The molecular weight excluding hydrogens is 352 g/mol. The van der Waals surface area contributed by atoms with E-state index in [-0.39, 0.29) is 23.5 Å². The van der Waals surface area contributed by atoms with Gasteiger partial charge in [-0.2, -0.15) is 0 Å². The Labute approximate surface area is 154 Å². The SMILES string of the molecule is CC[C@@H](C)NC(=O)COc1ccc(N(C)S(=O)(=O)c2ccccc2)cc1. The van der Waals surface area contributed by atoms with Crippen molar-refractivity contribution in [3.05, 3.63) is 54.6 Å². The molecule has 0 aromatic heterocycles. The molecule has 0 fully saturated rings. The average molecular weight is 376 g/mol. The highest BCUT2D eigenvalue weighted by Gasteiger charge is 2.20. The van der Waals surface area contributed by atoms with Gasteiger partial charge in [-0.25, -0.2) is 8.42 Å². The zero-order valence-corrected chi connectivity index (χ0v) is 16.0. The summed E-state index contributed by atoms with van der Waals surface area (Å²) in [5, 5.41) is 2.82. The fourth-order valence-corrected chi connectivity index (χ4v) is 3.43. The third-order valence-corrected chi connectivity index (χ3v) is 5.79. The number of ether oxygens (including phenoxy) is 1. The summed E-state index contributed by atoms with van der Waals surface area (Å²) in [6.45, 7) is 3.84. The number of hydrogen-bond acceptors (Lipinski definition) is 4. The number of hydrogen-bond donors (Lipinski definition) is 1. The van der Waals surface area contributed by atoms with Crippen LogP contribution in [0, 0.1) is 0 Å². The second-order valence-corrected chi connectivity index (χ2v) is 7.91. The van der Waals surface area contributed by atoms with Gasteiger partial charge in [-0.05, 0) is 49.7 Å². The Balaban J connectivity index is 2.02. The quantitative estimate of drug-likeness (QED) is 0.769. The first-order chi connectivity index (χ1) is 12.3. The molecular formula is C19H24N2O4S. The first-order valence-corrected chi connectivity index (χ1v) is 9.84. The maximum Gasteiger partial charge on any atom is 0.264 e. The number of nitrogens with one attached hydrogen (secondary N) is 1. The van der Waals surface area contributed by atoms with Crippen LogP contribution in [0.4, 0.5) is 5.69 Å². The second kappa shape index (κ2) is 8.71. The van der Waals surface area contributed by atoms with Crippen LogP contribution in [0.25, 0.3) is 0 Å². The van der Waals surface area contributed by atoms with Gasteiger partial charge in [-0.15, -0.1) is 0 Å². The van der Waals surface area contributed by atoms with Gasteiger partial charge in [0.1, 0.15) is 5.75 Å². The molecule has 2 rings (SSSR count). The molecule has 0 aliphatic rings. The van der Waals surface area contributed by atoms with Gasteiger partial charge in [0.05, 0.1) is 10.6 Å². The molecule has 0 aliphatic carbocycles. The van der Waals surface area contributed by atoms with E-state index in [1.807, 2.05) is 13.8 Å². The molecule has 1 amide bonds. The molecule has 26 heavy (non-hydrogen) atoms.